The second-order valence-electron chi connectivity index (χ2n) is 5.34. The maximum atomic E-state index is 12.0. The second kappa shape index (κ2) is 8.77. The standard InChI is InChI=1S/C14H26N2O3/c1-16(12-8-4-2-3-5-9-12)14(19)15-11-7-6-10-13(17)18/h12H,2-11H2,1H3,(H,15,19)(H,17,18). The van der Waals surface area contributed by atoms with E-state index in [1.807, 2.05) is 11.9 Å². The molecule has 1 fully saturated rings. The Morgan fingerprint density at radius 2 is 1.79 bits per heavy atom. The van der Waals surface area contributed by atoms with Gasteiger partial charge < -0.3 is 15.3 Å². The van der Waals surface area contributed by atoms with E-state index < -0.39 is 5.97 Å². The number of hydrogen-bond donors (Lipinski definition) is 2. The molecule has 0 saturated heterocycles. The van der Waals surface area contributed by atoms with E-state index in [2.05, 4.69) is 5.32 Å². The highest BCUT2D eigenvalue weighted by atomic mass is 16.4. The Balaban J connectivity index is 2.18. The molecule has 0 aromatic carbocycles. The smallest absolute Gasteiger partial charge is 0.317 e. The summed E-state index contributed by atoms with van der Waals surface area (Å²) in [6, 6.07) is 0.337. The van der Waals surface area contributed by atoms with Crippen molar-refractivity contribution in [3.63, 3.8) is 0 Å². The molecule has 0 atom stereocenters. The summed E-state index contributed by atoms with van der Waals surface area (Å²) in [5.74, 6) is -0.776. The Morgan fingerprint density at radius 1 is 1.16 bits per heavy atom. The number of aliphatic carboxylic acids is 1. The zero-order chi connectivity index (χ0) is 14.1. The number of carbonyl (C=O) groups excluding carboxylic acids is 1. The molecule has 2 amide bonds. The van der Waals surface area contributed by atoms with Crippen LogP contribution in [-0.2, 0) is 4.79 Å². The molecule has 0 radical (unpaired) electrons. The van der Waals surface area contributed by atoms with Crippen LogP contribution in [0, 0.1) is 0 Å². The summed E-state index contributed by atoms with van der Waals surface area (Å²) in [6.45, 7) is 0.559. The predicted molar refractivity (Wildman–Crippen MR) is 74.1 cm³/mol. The van der Waals surface area contributed by atoms with E-state index in [0.29, 0.717) is 19.0 Å². The molecular weight excluding hydrogens is 244 g/mol. The van der Waals surface area contributed by atoms with Crippen molar-refractivity contribution in [3.05, 3.63) is 0 Å². The lowest BCUT2D eigenvalue weighted by molar-refractivity contribution is -0.137. The fourth-order valence-electron chi connectivity index (χ4n) is 2.53. The Bertz CT molecular complexity index is 286. The number of carboxylic acid groups (broad SMARTS) is 1. The van der Waals surface area contributed by atoms with Crippen molar-refractivity contribution in [2.45, 2.75) is 63.8 Å². The zero-order valence-corrected chi connectivity index (χ0v) is 11.9. The Morgan fingerprint density at radius 3 is 2.37 bits per heavy atom. The van der Waals surface area contributed by atoms with Crippen LogP contribution in [0.15, 0.2) is 0 Å². The zero-order valence-electron chi connectivity index (χ0n) is 11.9. The quantitative estimate of drug-likeness (QED) is 0.576. The third kappa shape index (κ3) is 6.45. The molecule has 5 nitrogen and oxygen atoms in total. The summed E-state index contributed by atoms with van der Waals surface area (Å²) < 4.78 is 0. The van der Waals surface area contributed by atoms with E-state index in [0.717, 1.165) is 19.3 Å². The van der Waals surface area contributed by atoms with Crippen LogP contribution < -0.4 is 5.32 Å². The lowest BCUT2D eigenvalue weighted by Crippen LogP contribution is -2.43. The summed E-state index contributed by atoms with van der Waals surface area (Å²) in [7, 11) is 1.86. The van der Waals surface area contributed by atoms with E-state index in [9.17, 15) is 9.59 Å². The van der Waals surface area contributed by atoms with Crippen molar-refractivity contribution in [1.29, 1.82) is 0 Å². The normalized spacial score (nSPS) is 16.7. The minimum Gasteiger partial charge on any atom is -0.481 e. The van der Waals surface area contributed by atoms with Gasteiger partial charge in [0.2, 0.25) is 0 Å². The number of nitrogens with one attached hydrogen (secondary N) is 1. The highest BCUT2D eigenvalue weighted by Crippen LogP contribution is 2.20. The number of rotatable bonds is 6. The van der Waals surface area contributed by atoms with Crippen LogP contribution in [0.4, 0.5) is 4.79 Å². The molecule has 0 aliphatic heterocycles. The first kappa shape index (κ1) is 15.8. The summed E-state index contributed by atoms with van der Waals surface area (Å²) in [6.07, 6.45) is 8.68. The number of nitrogens with zero attached hydrogens (tertiary/aromatic N) is 1. The van der Waals surface area contributed by atoms with Crippen molar-refractivity contribution in [3.8, 4) is 0 Å². The van der Waals surface area contributed by atoms with Gasteiger partial charge in [-0.15, -0.1) is 0 Å². The Kier molecular flexibility index (Phi) is 7.30. The highest BCUT2D eigenvalue weighted by molar-refractivity contribution is 5.74. The fraction of sp³-hybridized carbons (Fsp3) is 0.857. The first-order valence-corrected chi connectivity index (χ1v) is 7.33. The van der Waals surface area contributed by atoms with E-state index in [4.69, 9.17) is 5.11 Å². The van der Waals surface area contributed by atoms with Crippen LogP contribution in [0.5, 0.6) is 0 Å². The minimum atomic E-state index is -0.776. The summed E-state index contributed by atoms with van der Waals surface area (Å²) >= 11 is 0. The molecule has 1 aliphatic carbocycles. The molecule has 19 heavy (non-hydrogen) atoms. The summed E-state index contributed by atoms with van der Waals surface area (Å²) in [4.78, 5) is 24.1. The summed E-state index contributed by atoms with van der Waals surface area (Å²) in [5, 5.41) is 11.4. The van der Waals surface area contributed by atoms with Crippen LogP contribution in [0.25, 0.3) is 0 Å². The van der Waals surface area contributed by atoms with Gasteiger partial charge in [0.05, 0.1) is 0 Å². The van der Waals surface area contributed by atoms with Crippen LogP contribution in [0.3, 0.4) is 0 Å². The van der Waals surface area contributed by atoms with Gasteiger partial charge in [-0.05, 0) is 25.7 Å². The third-order valence-electron chi connectivity index (χ3n) is 3.79. The molecule has 0 aromatic rings. The number of carbonyl (C=O) groups is 2. The molecule has 5 heteroatoms. The van der Waals surface area contributed by atoms with Crippen molar-refractivity contribution in [2.24, 2.45) is 0 Å². The topological polar surface area (TPSA) is 69.6 Å². The second-order valence-corrected chi connectivity index (χ2v) is 5.34. The van der Waals surface area contributed by atoms with Crippen LogP contribution in [0.2, 0.25) is 0 Å². The fourth-order valence-corrected chi connectivity index (χ4v) is 2.53. The number of hydrogen-bond acceptors (Lipinski definition) is 2. The Hall–Kier alpha value is -1.26. The maximum Gasteiger partial charge on any atom is 0.317 e. The highest BCUT2D eigenvalue weighted by Gasteiger charge is 2.20. The number of carboxylic acids is 1. The minimum absolute atomic E-state index is 0.0257. The largest absolute Gasteiger partial charge is 0.481 e. The number of amides is 2. The average Bonchev–Trinajstić information content (AvgIpc) is 2.65. The van der Waals surface area contributed by atoms with Crippen molar-refractivity contribution in [1.82, 2.24) is 10.2 Å². The molecule has 0 heterocycles. The van der Waals surface area contributed by atoms with E-state index in [1.54, 1.807) is 0 Å². The van der Waals surface area contributed by atoms with Gasteiger partial charge in [0.1, 0.15) is 0 Å². The summed E-state index contributed by atoms with van der Waals surface area (Å²) in [5.41, 5.74) is 0. The van der Waals surface area contributed by atoms with Crippen molar-refractivity contribution >= 4 is 12.0 Å². The molecule has 1 saturated carbocycles. The van der Waals surface area contributed by atoms with Gasteiger partial charge in [0.25, 0.3) is 0 Å². The van der Waals surface area contributed by atoms with Crippen LogP contribution in [-0.4, -0.2) is 41.6 Å². The van der Waals surface area contributed by atoms with E-state index in [1.165, 1.54) is 25.7 Å². The van der Waals surface area contributed by atoms with Crippen LogP contribution in [0.1, 0.15) is 57.8 Å². The maximum absolute atomic E-state index is 12.0. The monoisotopic (exact) mass is 270 g/mol. The lowest BCUT2D eigenvalue weighted by Gasteiger charge is -2.27. The molecule has 0 bridgehead atoms. The first-order valence-electron chi connectivity index (χ1n) is 7.33. The van der Waals surface area contributed by atoms with Gasteiger partial charge in [-0.1, -0.05) is 25.7 Å². The van der Waals surface area contributed by atoms with Gasteiger partial charge >= 0.3 is 12.0 Å². The molecule has 2 N–H and O–H groups in total. The Labute approximate surface area is 115 Å². The van der Waals surface area contributed by atoms with Gasteiger partial charge in [0.15, 0.2) is 0 Å². The average molecular weight is 270 g/mol. The van der Waals surface area contributed by atoms with Gasteiger partial charge in [-0.25, -0.2) is 4.79 Å². The number of urea groups is 1. The van der Waals surface area contributed by atoms with Crippen LogP contribution >= 0.6 is 0 Å². The van der Waals surface area contributed by atoms with E-state index in [-0.39, 0.29) is 12.5 Å². The SMILES string of the molecule is CN(C(=O)NCCCCC(=O)O)C1CCCCCC1. The first-order chi connectivity index (χ1) is 9.11. The van der Waals surface area contributed by atoms with Crippen molar-refractivity contribution in [2.75, 3.05) is 13.6 Å². The molecule has 1 aliphatic rings. The molecule has 0 aromatic heterocycles. The lowest BCUT2D eigenvalue weighted by atomic mass is 10.1. The predicted octanol–water partition coefficient (Wildman–Crippen LogP) is 2.61. The van der Waals surface area contributed by atoms with Gasteiger partial charge in [-0.3, -0.25) is 4.79 Å². The van der Waals surface area contributed by atoms with E-state index >= 15 is 0 Å². The molecule has 0 unspecified atom stereocenters. The number of unbranched alkanes of at least 4 members (excludes halogenated alkanes) is 1. The molecule has 0 spiro atoms. The third-order valence-corrected chi connectivity index (χ3v) is 3.79. The molecule has 110 valence electrons. The van der Waals surface area contributed by atoms with Crippen molar-refractivity contribution < 1.29 is 14.7 Å². The van der Waals surface area contributed by atoms with Gasteiger partial charge in [0, 0.05) is 26.1 Å². The molecule has 1 rings (SSSR count). The molecular formula is C14H26N2O3. The van der Waals surface area contributed by atoms with Gasteiger partial charge in [-0.2, -0.15) is 0 Å².